The molecule has 0 saturated carbocycles. The number of ether oxygens (including phenoxy) is 4. The molecule has 0 fully saturated rings. The zero-order valence-electron chi connectivity index (χ0n) is 18.7. The molecule has 10 heteroatoms. The van der Waals surface area contributed by atoms with Crippen molar-refractivity contribution < 1.29 is 38.7 Å². The SMILES string of the molecule is COC(=O)/C(C#N)=C/c1cc(OC)c(O)c(-c2cc(/C=C(\C#N)C(=O)OC)cc(OC)c2O)c1. The molecule has 174 valence electrons. The van der Waals surface area contributed by atoms with Crippen LogP contribution in [0.5, 0.6) is 23.0 Å². The van der Waals surface area contributed by atoms with Gasteiger partial charge in [0.1, 0.15) is 23.3 Å². The summed E-state index contributed by atoms with van der Waals surface area (Å²) in [4.78, 5) is 23.6. The standard InChI is InChI=1S/C24H20N2O8/c1-31-19-9-13(5-15(11-25)23(29)33-3)7-17(21(19)27)18-8-14(10-20(32-2)22(18)28)6-16(12-26)24(30)34-4/h5-10,27-28H,1-4H3/b15-5+,16-6+. The fourth-order valence-corrected chi connectivity index (χ4v) is 2.97. The molecule has 0 aliphatic heterocycles. The summed E-state index contributed by atoms with van der Waals surface area (Å²) in [7, 11) is 4.85. The van der Waals surface area contributed by atoms with E-state index in [9.17, 15) is 30.3 Å². The van der Waals surface area contributed by atoms with Crippen molar-refractivity contribution in [2.75, 3.05) is 28.4 Å². The first-order chi connectivity index (χ1) is 16.2. The first-order valence-corrected chi connectivity index (χ1v) is 9.47. The third kappa shape index (κ3) is 5.26. The van der Waals surface area contributed by atoms with Crippen LogP contribution in [-0.4, -0.2) is 50.6 Å². The molecule has 0 unspecified atom stereocenters. The Labute approximate surface area is 195 Å². The molecule has 2 aromatic rings. The van der Waals surface area contributed by atoms with Crippen LogP contribution in [-0.2, 0) is 19.1 Å². The Balaban J connectivity index is 2.85. The largest absolute Gasteiger partial charge is 0.504 e. The Hall–Kier alpha value is -4.96. The van der Waals surface area contributed by atoms with Gasteiger partial charge in [0, 0.05) is 11.1 Å². The van der Waals surface area contributed by atoms with Gasteiger partial charge in [0.15, 0.2) is 23.0 Å². The Bertz CT molecular complexity index is 1180. The van der Waals surface area contributed by atoms with Gasteiger partial charge >= 0.3 is 11.9 Å². The monoisotopic (exact) mass is 464 g/mol. The molecule has 0 heterocycles. The first-order valence-electron chi connectivity index (χ1n) is 9.47. The van der Waals surface area contributed by atoms with E-state index in [1.807, 2.05) is 0 Å². The lowest BCUT2D eigenvalue weighted by atomic mass is 9.96. The van der Waals surface area contributed by atoms with E-state index in [-0.39, 0.29) is 56.4 Å². The number of benzene rings is 2. The molecule has 2 rings (SSSR count). The van der Waals surface area contributed by atoms with E-state index in [1.54, 1.807) is 12.1 Å². The molecule has 2 N–H and O–H groups in total. The number of nitrogens with zero attached hydrogens (tertiary/aromatic N) is 2. The van der Waals surface area contributed by atoms with Gasteiger partial charge in [-0.05, 0) is 47.5 Å². The Kier molecular flexibility index (Phi) is 8.24. The number of phenolic OH excluding ortho intramolecular Hbond substituents is 2. The Morgan fingerprint density at radius 1 is 0.735 bits per heavy atom. The zero-order valence-corrected chi connectivity index (χ0v) is 18.7. The fraction of sp³-hybridized carbons (Fsp3) is 0.167. The highest BCUT2D eigenvalue weighted by molar-refractivity contribution is 5.99. The fourth-order valence-electron chi connectivity index (χ4n) is 2.97. The van der Waals surface area contributed by atoms with Crippen LogP contribution in [0.3, 0.4) is 0 Å². The topological polar surface area (TPSA) is 159 Å². The number of methoxy groups -OCH3 is 4. The minimum atomic E-state index is -0.861. The number of hydrogen-bond acceptors (Lipinski definition) is 10. The number of carbonyl (C=O) groups is 2. The number of carbonyl (C=O) groups excluding carboxylic acids is 2. The van der Waals surface area contributed by atoms with Crippen LogP contribution in [0, 0.1) is 22.7 Å². The molecule has 0 amide bonds. The summed E-state index contributed by atoms with van der Waals surface area (Å²) < 4.78 is 19.5. The quantitative estimate of drug-likeness (QED) is 0.354. The average Bonchev–Trinajstić information content (AvgIpc) is 2.86. The van der Waals surface area contributed by atoms with Gasteiger partial charge in [-0.15, -0.1) is 0 Å². The van der Waals surface area contributed by atoms with Crippen molar-refractivity contribution in [3.05, 3.63) is 46.5 Å². The van der Waals surface area contributed by atoms with Gasteiger partial charge in [-0.3, -0.25) is 0 Å². The first kappa shape index (κ1) is 25.3. The Morgan fingerprint density at radius 3 is 1.35 bits per heavy atom. The number of aromatic hydroxyl groups is 2. The summed E-state index contributed by atoms with van der Waals surface area (Å²) in [5.41, 5.74) is 0.0370. The Morgan fingerprint density at radius 2 is 1.09 bits per heavy atom. The van der Waals surface area contributed by atoms with Crippen LogP contribution in [0.25, 0.3) is 23.3 Å². The van der Waals surface area contributed by atoms with Crippen LogP contribution < -0.4 is 9.47 Å². The predicted octanol–water partition coefficient (Wildman–Crippen LogP) is 2.94. The number of phenols is 2. The molecule has 0 spiro atoms. The summed E-state index contributed by atoms with van der Waals surface area (Å²) in [5.74, 6) is -2.47. The lowest BCUT2D eigenvalue weighted by molar-refractivity contribution is -0.136. The second-order valence-corrected chi connectivity index (χ2v) is 6.56. The lowest BCUT2D eigenvalue weighted by Gasteiger charge is -2.15. The van der Waals surface area contributed by atoms with Crippen molar-refractivity contribution in [1.29, 1.82) is 10.5 Å². The molecule has 0 aliphatic carbocycles. The van der Waals surface area contributed by atoms with Gasteiger partial charge in [0.25, 0.3) is 0 Å². The van der Waals surface area contributed by atoms with Gasteiger partial charge in [-0.1, -0.05) is 0 Å². The number of esters is 2. The van der Waals surface area contributed by atoms with E-state index >= 15 is 0 Å². The van der Waals surface area contributed by atoms with Gasteiger partial charge in [-0.25, -0.2) is 9.59 Å². The van der Waals surface area contributed by atoms with E-state index in [2.05, 4.69) is 9.47 Å². The number of rotatable bonds is 7. The van der Waals surface area contributed by atoms with E-state index in [1.165, 1.54) is 50.6 Å². The third-order valence-corrected chi connectivity index (χ3v) is 4.60. The molecule has 10 nitrogen and oxygen atoms in total. The lowest BCUT2D eigenvalue weighted by Crippen LogP contribution is -2.03. The van der Waals surface area contributed by atoms with Crippen molar-refractivity contribution in [3.8, 4) is 46.3 Å². The number of hydrogen-bond donors (Lipinski definition) is 2. The van der Waals surface area contributed by atoms with Gasteiger partial charge < -0.3 is 29.2 Å². The van der Waals surface area contributed by atoms with E-state index < -0.39 is 11.9 Å². The highest BCUT2D eigenvalue weighted by Gasteiger charge is 2.20. The summed E-state index contributed by atoms with van der Waals surface area (Å²) in [6.07, 6.45) is 2.45. The minimum Gasteiger partial charge on any atom is -0.504 e. The van der Waals surface area contributed by atoms with Crippen molar-refractivity contribution in [1.82, 2.24) is 0 Å². The number of nitriles is 2. The highest BCUT2D eigenvalue weighted by Crippen LogP contribution is 2.46. The van der Waals surface area contributed by atoms with Crippen LogP contribution in [0.15, 0.2) is 35.4 Å². The molecule has 0 bridgehead atoms. The molecule has 0 aromatic heterocycles. The van der Waals surface area contributed by atoms with E-state index in [0.717, 1.165) is 14.2 Å². The molecule has 2 aromatic carbocycles. The van der Waals surface area contributed by atoms with Crippen molar-refractivity contribution in [3.63, 3.8) is 0 Å². The summed E-state index contributed by atoms with van der Waals surface area (Å²) in [6, 6.07) is 9.00. The van der Waals surface area contributed by atoms with Crippen LogP contribution >= 0.6 is 0 Å². The highest BCUT2D eigenvalue weighted by atomic mass is 16.5. The zero-order chi connectivity index (χ0) is 25.4. The van der Waals surface area contributed by atoms with Crippen molar-refractivity contribution in [2.24, 2.45) is 0 Å². The van der Waals surface area contributed by atoms with Gasteiger partial charge in [0.2, 0.25) is 0 Å². The summed E-state index contributed by atoms with van der Waals surface area (Å²) in [5, 5.41) is 40.0. The predicted molar refractivity (Wildman–Crippen MR) is 120 cm³/mol. The second-order valence-electron chi connectivity index (χ2n) is 6.56. The van der Waals surface area contributed by atoms with Crippen LogP contribution in [0.1, 0.15) is 11.1 Å². The smallest absolute Gasteiger partial charge is 0.348 e. The molecule has 0 aliphatic rings. The summed E-state index contributed by atoms with van der Waals surface area (Å²) in [6.45, 7) is 0. The van der Waals surface area contributed by atoms with Crippen molar-refractivity contribution >= 4 is 24.1 Å². The van der Waals surface area contributed by atoms with E-state index in [4.69, 9.17) is 9.47 Å². The second kappa shape index (κ2) is 11.1. The average molecular weight is 464 g/mol. The molecule has 34 heavy (non-hydrogen) atoms. The summed E-state index contributed by atoms with van der Waals surface area (Å²) >= 11 is 0. The van der Waals surface area contributed by atoms with Gasteiger partial charge in [0.05, 0.1) is 28.4 Å². The maximum absolute atomic E-state index is 11.8. The van der Waals surface area contributed by atoms with Gasteiger partial charge in [-0.2, -0.15) is 10.5 Å². The molecular formula is C24H20N2O8. The van der Waals surface area contributed by atoms with Crippen molar-refractivity contribution in [2.45, 2.75) is 0 Å². The van der Waals surface area contributed by atoms with E-state index in [0.29, 0.717) is 0 Å². The van der Waals surface area contributed by atoms with Crippen LogP contribution in [0.2, 0.25) is 0 Å². The third-order valence-electron chi connectivity index (χ3n) is 4.60. The van der Waals surface area contributed by atoms with Crippen LogP contribution in [0.4, 0.5) is 0 Å². The maximum Gasteiger partial charge on any atom is 0.348 e. The molecule has 0 saturated heterocycles. The molecule has 0 radical (unpaired) electrons. The minimum absolute atomic E-state index is 0.0162. The normalized spacial score (nSPS) is 11.1. The molecule has 0 atom stereocenters. The maximum atomic E-state index is 11.8. The molecular weight excluding hydrogens is 444 g/mol.